The van der Waals surface area contributed by atoms with E-state index >= 15 is 0 Å². The largest absolute Gasteiger partial charge is 0.508 e. The van der Waals surface area contributed by atoms with E-state index in [1.165, 1.54) is 0 Å². The minimum absolute atomic E-state index is 0.276. The normalized spacial score (nSPS) is 11.7. The van der Waals surface area contributed by atoms with Crippen LogP contribution in [0.25, 0.3) is 43.1 Å². The van der Waals surface area contributed by atoms with Crippen molar-refractivity contribution in [3.8, 4) is 11.5 Å². The van der Waals surface area contributed by atoms with E-state index in [1.54, 1.807) is 12.1 Å². The van der Waals surface area contributed by atoms with E-state index in [1.807, 2.05) is 24.3 Å². The van der Waals surface area contributed by atoms with Crippen LogP contribution in [0.2, 0.25) is 0 Å². The van der Waals surface area contributed by atoms with Crippen molar-refractivity contribution in [2.24, 2.45) is 0 Å². The number of hydrogen-bond acceptors (Lipinski definition) is 2. The Morgan fingerprint density at radius 2 is 0.708 bits per heavy atom. The summed E-state index contributed by atoms with van der Waals surface area (Å²) in [4.78, 5) is 0. The van der Waals surface area contributed by atoms with E-state index in [9.17, 15) is 10.2 Å². The van der Waals surface area contributed by atoms with Crippen LogP contribution in [0.15, 0.2) is 72.8 Å². The van der Waals surface area contributed by atoms with E-state index < -0.39 is 0 Å². The molecule has 0 amide bonds. The first kappa shape index (κ1) is 13.2. The second kappa shape index (κ2) is 4.62. The van der Waals surface area contributed by atoms with Gasteiger partial charge in [-0.05, 0) is 79.5 Å². The Morgan fingerprint density at radius 3 is 1.17 bits per heavy atom. The number of hydrogen-bond donors (Lipinski definition) is 2. The highest BCUT2D eigenvalue weighted by atomic mass is 16.3. The molecule has 0 aliphatic heterocycles. The zero-order valence-electron chi connectivity index (χ0n) is 12.8. The fourth-order valence-corrected chi connectivity index (χ4v) is 3.58. The molecule has 5 aromatic rings. The van der Waals surface area contributed by atoms with Crippen molar-refractivity contribution in [3.63, 3.8) is 0 Å². The molecule has 114 valence electrons. The molecule has 0 spiro atoms. The van der Waals surface area contributed by atoms with Crippen molar-refractivity contribution in [1.29, 1.82) is 0 Å². The molecule has 0 saturated heterocycles. The highest BCUT2D eigenvalue weighted by molar-refractivity contribution is 6.17. The van der Waals surface area contributed by atoms with Crippen molar-refractivity contribution < 1.29 is 10.2 Å². The number of fused-ring (bicyclic) bond motifs is 6. The van der Waals surface area contributed by atoms with Crippen LogP contribution in [-0.4, -0.2) is 10.2 Å². The molecule has 24 heavy (non-hydrogen) atoms. The average molecular weight is 310 g/mol. The van der Waals surface area contributed by atoms with Gasteiger partial charge in [-0.2, -0.15) is 0 Å². The van der Waals surface area contributed by atoms with Gasteiger partial charge in [-0.3, -0.25) is 0 Å². The number of phenols is 2. The molecule has 0 saturated carbocycles. The van der Waals surface area contributed by atoms with E-state index in [4.69, 9.17) is 0 Å². The third-order valence-corrected chi connectivity index (χ3v) is 4.76. The van der Waals surface area contributed by atoms with E-state index in [-0.39, 0.29) is 11.5 Å². The molecule has 0 unspecified atom stereocenters. The lowest BCUT2D eigenvalue weighted by Crippen LogP contribution is -1.82. The maximum absolute atomic E-state index is 9.85. The molecule has 2 heteroatoms. The lowest BCUT2D eigenvalue weighted by molar-refractivity contribution is 0.475. The second-order valence-electron chi connectivity index (χ2n) is 6.24. The molecule has 5 rings (SSSR count). The van der Waals surface area contributed by atoms with Crippen molar-refractivity contribution in [2.75, 3.05) is 0 Å². The first-order valence-corrected chi connectivity index (χ1v) is 7.90. The van der Waals surface area contributed by atoms with E-state index in [2.05, 4.69) is 36.4 Å². The van der Waals surface area contributed by atoms with Crippen LogP contribution < -0.4 is 0 Å². The molecule has 0 aromatic heterocycles. The second-order valence-corrected chi connectivity index (χ2v) is 6.24. The minimum atomic E-state index is 0.276. The van der Waals surface area contributed by atoms with Crippen LogP contribution in [-0.2, 0) is 0 Å². The molecule has 5 aromatic carbocycles. The Bertz CT molecular complexity index is 1170. The molecule has 0 fully saturated rings. The van der Waals surface area contributed by atoms with Gasteiger partial charge in [0.1, 0.15) is 11.5 Å². The summed E-state index contributed by atoms with van der Waals surface area (Å²) in [6.07, 6.45) is 0. The van der Waals surface area contributed by atoms with Gasteiger partial charge in [0.05, 0.1) is 0 Å². The number of rotatable bonds is 0. The Morgan fingerprint density at radius 1 is 0.375 bits per heavy atom. The quantitative estimate of drug-likeness (QED) is 0.284. The zero-order chi connectivity index (χ0) is 16.3. The third-order valence-electron chi connectivity index (χ3n) is 4.76. The standard InChI is InChI=1S/C22H14O2/c23-17-7-5-13-1-3-15-9-20-16(10-19(15)21(13)11-17)4-2-14-6-8-18(24)12-22(14)20/h1-12,23-24H. The number of benzene rings is 5. The van der Waals surface area contributed by atoms with Gasteiger partial charge in [0, 0.05) is 0 Å². The van der Waals surface area contributed by atoms with Crippen molar-refractivity contribution in [2.45, 2.75) is 0 Å². The molecule has 0 heterocycles. The van der Waals surface area contributed by atoms with E-state index in [0.29, 0.717) is 0 Å². The smallest absolute Gasteiger partial charge is 0.116 e. The van der Waals surface area contributed by atoms with E-state index in [0.717, 1.165) is 43.1 Å². The highest BCUT2D eigenvalue weighted by Gasteiger charge is 2.07. The zero-order valence-corrected chi connectivity index (χ0v) is 12.8. The molecule has 0 bridgehead atoms. The molecular weight excluding hydrogens is 296 g/mol. The Hall–Kier alpha value is -3.26. The van der Waals surface area contributed by atoms with Crippen molar-refractivity contribution in [1.82, 2.24) is 0 Å². The predicted molar refractivity (Wildman–Crippen MR) is 99.8 cm³/mol. The van der Waals surface area contributed by atoms with Gasteiger partial charge >= 0.3 is 0 Å². The maximum Gasteiger partial charge on any atom is 0.116 e. The fraction of sp³-hybridized carbons (Fsp3) is 0. The Labute approximate surface area is 138 Å². The summed E-state index contributed by atoms with van der Waals surface area (Å²) in [7, 11) is 0. The lowest BCUT2D eigenvalue weighted by atomic mass is 9.95. The summed E-state index contributed by atoms with van der Waals surface area (Å²) >= 11 is 0. The first-order valence-electron chi connectivity index (χ1n) is 7.90. The van der Waals surface area contributed by atoms with Crippen LogP contribution in [0.1, 0.15) is 0 Å². The topological polar surface area (TPSA) is 40.5 Å². The van der Waals surface area contributed by atoms with Gasteiger partial charge < -0.3 is 10.2 Å². The SMILES string of the molecule is Oc1ccc2ccc3cc4c(ccc5ccc(O)cc54)cc3c2c1. The molecule has 0 radical (unpaired) electrons. The molecule has 0 atom stereocenters. The summed E-state index contributed by atoms with van der Waals surface area (Å²) in [6.45, 7) is 0. The van der Waals surface area contributed by atoms with Crippen LogP contribution in [0, 0.1) is 0 Å². The number of phenolic OH excluding ortho intramolecular Hbond substituents is 2. The Balaban J connectivity index is 1.98. The van der Waals surface area contributed by atoms with Gasteiger partial charge in [-0.25, -0.2) is 0 Å². The van der Waals surface area contributed by atoms with Gasteiger partial charge in [-0.15, -0.1) is 0 Å². The summed E-state index contributed by atoms with van der Waals surface area (Å²) in [5.41, 5.74) is 0. The summed E-state index contributed by atoms with van der Waals surface area (Å²) < 4.78 is 0. The minimum Gasteiger partial charge on any atom is -0.508 e. The fourth-order valence-electron chi connectivity index (χ4n) is 3.58. The maximum atomic E-state index is 9.85. The molecule has 0 aliphatic carbocycles. The molecular formula is C22H14O2. The average Bonchev–Trinajstić information content (AvgIpc) is 2.60. The molecule has 2 N–H and O–H groups in total. The van der Waals surface area contributed by atoms with Crippen LogP contribution >= 0.6 is 0 Å². The monoisotopic (exact) mass is 310 g/mol. The summed E-state index contributed by atoms with van der Waals surface area (Å²) in [5.74, 6) is 0.553. The summed E-state index contributed by atoms with van der Waals surface area (Å²) in [6, 6.07) is 23.6. The van der Waals surface area contributed by atoms with Gasteiger partial charge in [-0.1, -0.05) is 36.4 Å². The summed E-state index contributed by atoms with van der Waals surface area (Å²) in [5, 5.41) is 28.5. The van der Waals surface area contributed by atoms with Crippen LogP contribution in [0.4, 0.5) is 0 Å². The molecule has 2 nitrogen and oxygen atoms in total. The lowest BCUT2D eigenvalue weighted by Gasteiger charge is -2.09. The molecule has 0 aliphatic rings. The van der Waals surface area contributed by atoms with Gasteiger partial charge in [0.2, 0.25) is 0 Å². The van der Waals surface area contributed by atoms with Crippen LogP contribution in [0.5, 0.6) is 11.5 Å². The van der Waals surface area contributed by atoms with Crippen molar-refractivity contribution >= 4 is 43.1 Å². The number of aromatic hydroxyl groups is 2. The highest BCUT2D eigenvalue weighted by Crippen LogP contribution is 2.35. The van der Waals surface area contributed by atoms with Crippen molar-refractivity contribution in [3.05, 3.63) is 72.8 Å². The van der Waals surface area contributed by atoms with Crippen LogP contribution in [0.3, 0.4) is 0 Å². The first-order chi connectivity index (χ1) is 11.7. The van der Waals surface area contributed by atoms with Gasteiger partial charge in [0.25, 0.3) is 0 Å². The predicted octanol–water partition coefficient (Wildman–Crippen LogP) is 5.71. The third kappa shape index (κ3) is 1.83. The Kier molecular flexibility index (Phi) is 2.54. The van der Waals surface area contributed by atoms with Gasteiger partial charge in [0.15, 0.2) is 0 Å².